The van der Waals surface area contributed by atoms with Crippen LogP contribution in [0.15, 0.2) is 5.11 Å². The lowest BCUT2D eigenvalue weighted by Gasteiger charge is -2.49. The average Bonchev–Trinajstić information content (AvgIpc) is 2.39. The van der Waals surface area contributed by atoms with E-state index in [2.05, 4.69) is 77.0 Å². The number of nitrogens with zero attached hydrogens (tertiary/aromatic N) is 3. The highest BCUT2D eigenvalue weighted by molar-refractivity contribution is 6.81. The van der Waals surface area contributed by atoms with Gasteiger partial charge in [0.2, 0.25) is 9.04 Å². The van der Waals surface area contributed by atoms with E-state index in [4.69, 9.17) is 14.4 Å². The van der Waals surface area contributed by atoms with Crippen LogP contribution in [-0.4, -0.2) is 42.0 Å². The molecule has 0 spiro atoms. The normalized spacial score (nSPS) is 15.2. The molecule has 0 aromatic carbocycles. The summed E-state index contributed by atoms with van der Waals surface area (Å²) in [4.78, 5) is 2.98. The largest absolute Gasteiger partial charge is 0.415 e. The molecule has 0 aliphatic heterocycles. The van der Waals surface area contributed by atoms with E-state index in [1.54, 1.807) is 0 Å². The summed E-state index contributed by atoms with van der Waals surface area (Å²) >= 11 is 0. The van der Waals surface area contributed by atoms with Gasteiger partial charge in [0.25, 0.3) is 0 Å². The third kappa shape index (κ3) is 6.36. The molecule has 0 N–H and O–H groups in total. The third-order valence-electron chi connectivity index (χ3n) is 4.86. The lowest BCUT2D eigenvalue weighted by atomic mass is 10.2. The van der Waals surface area contributed by atoms with Crippen molar-refractivity contribution in [3.05, 3.63) is 10.4 Å². The van der Waals surface area contributed by atoms with Crippen molar-refractivity contribution in [3.8, 4) is 0 Å². The van der Waals surface area contributed by atoms with Crippen molar-refractivity contribution in [2.45, 2.75) is 90.3 Å². The first-order chi connectivity index (χ1) is 10.3. The van der Waals surface area contributed by atoms with E-state index in [9.17, 15) is 0 Å². The Balaban J connectivity index is 5.45. The topological polar surface area (TPSA) is 67.2 Å². The van der Waals surface area contributed by atoms with Crippen LogP contribution in [0.25, 0.3) is 10.4 Å². The molecule has 0 aromatic rings. The number of azide groups is 1. The maximum absolute atomic E-state index is 8.71. The Bertz CT molecular complexity index is 426. The van der Waals surface area contributed by atoms with Crippen LogP contribution in [0.2, 0.25) is 39.3 Å². The quantitative estimate of drug-likeness (QED) is 0.228. The molecule has 0 aliphatic carbocycles. The van der Waals surface area contributed by atoms with Crippen molar-refractivity contribution in [2.24, 2.45) is 5.11 Å². The number of rotatable bonds is 10. The molecule has 5 nitrogen and oxygen atoms in total. The van der Waals surface area contributed by atoms with E-state index in [-0.39, 0.29) is 10.4 Å². The summed E-state index contributed by atoms with van der Waals surface area (Å²) < 4.78 is 13.2. The SMILES string of the molecule is CCC(CC)(O[SiH](C)C(C)(C)O[Si](C)(C)C)[Si](C)(C)CN=[N+]=[N-]. The Kier molecular flexibility index (Phi) is 8.27. The van der Waals surface area contributed by atoms with Gasteiger partial charge in [0.15, 0.2) is 8.32 Å². The van der Waals surface area contributed by atoms with Crippen molar-refractivity contribution in [1.29, 1.82) is 0 Å². The van der Waals surface area contributed by atoms with E-state index in [0.29, 0.717) is 6.17 Å². The second-order valence-electron chi connectivity index (χ2n) is 8.55. The number of hydrogen-bond acceptors (Lipinski definition) is 3. The van der Waals surface area contributed by atoms with Crippen LogP contribution >= 0.6 is 0 Å². The molecule has 0 saturated carbocycles. The summed E-state index contributed by atoms with van der Waals surface area (Å²) in [7, 11) is -5.07. The summed E-state index contributed by atoms with van der Waals surface area (Å²) in [5.41, 5.74) is 8.71. The Morgan fingerprint density at radius 2 is 1.57 bits per heavy atom. The minimum Gasteiger partial charge on any atom is -0.415 e. The van der Waals surface area contributed by atoms with E-state index in [0.717, 1.165) is 12.8 Å². The molecule has 8 heteroatoms. The highest BCUT2D eigenvalue weighted by atomic mass is 28.4. The summed E-state index contributed by atoms with van der Waals surface area (Å²) in [6.07, 6.45) is 2.51. The molecular weight excluding hydrogens is 338 g/mol. The van der Waals surface area contributed by atoms with Gasteiger partial charge < -0.3 is 8.85 Å². The van der Waals surface area contributed by atoms with Gasteiger partial charge in [-0.25, -0.2) is 0 Å². The highest BCUT2D eigenvalue weighted by Crippen LogP contribution is 2.35. The van der Waals surface area contributed by atoms with Crippen LogP contribution in [0.5, 0.6) is 0 Å². The molecule has 0 aromatic heterocycles. The van der Waals surface area contributed by atoms with Crippen LogP contribution in [0.1, 0.15) is 40.5 Å². The van der Waals surface area contributed by atoms with Gasteiger partial charge in [-0.3, -0.25) is 0 Å². The molecule has 1 atom stereocenters. The zero-order valence-electron chi connectivity index (χ0n) is 16.9. The Morgan fingerprint density at radius 1 is 1.09 bits per heavy atom. The van der Waals surface area contributed by atoms with Crippen LogP contribution in [0.3, 0.4) is 0 Å². The molecule has 136 valence electrons. The van der Waals surface area contributed by atoms with E-state index in [1.165, 1.54) is 0 Å². The Labute approximate surface area is 146 Å². The molecule has 0 heterocycles. The first-order valence-corrected chi connectivity index (χ1v) is 17.5. The van der Waals surface area contributed by atoms with Gasteiger partial charge in [-0.15, -0.1) is 0 Å². The predicted molar refractivity (Wildman–Crippen MR) is 107 cm³/mol. The third-order valence-corrected chi connectivity index (χ3v) is 13.6. The van der Waals surface area contributed by atoms with Crippen molar-refractivity contribution in [2.75, 3.05) is 6.17 Å². The van der Waals surface area contributed by atoms with Crippen LogP contribution < -0.4 is 0 Å². The summed E-state index contributed by atoms with van der Waals surface area (Å²) in [6, 6.07) is 0. The summed E-state index contributed by atoms with van der Waals surface area (Å²) in [5, 5.41) is 3.55. The van der Waals surface area contributed by atoms with E-state index in [1.807, 2.05) is 0 Å². The van der Waals surface area contributed by atoms with Gasteiger partial charge >= 0.3 is 0 Å². The van der Waals surface area contributed by atoms with Gasteiger partial charge in [-0.05, 0) is 58.4 Å². The van der Waals surface area contributed by atoms with Gasteiger partial charge in [0.1, 0.15) is 0 Å². The van der Waals surface area contributed by atoms with Gasteiger partial charge in [-0.1, -0.05) is 32.1 Å². The lowest BCUT2D eigenvalue weighted by Crippen LogP contribution is -2.63. The average molecular weight is 376 g/mol. The second kappa shape index (κ2) is 8.31. The molecule has 0 radical (unpaired) electrons. The Hall–Kier alpha value is -0.119. The summed E-state index contributed by atoms with van der Waals surface area (Å²) in [6.45, 7) is 22.2. The summed E-state index contributed by atoms with van der Waals surface area (Å²) in [5.74, 6) is 0. The van der Waals surface area contributed by atoms with Gasteiger partial charge in [0.05, 0.1) is 13.3 Å². The minimum absolute atomic E-state index is 0.146. The first-order valence-electron chi connectivity index (χ1n) is 8.66. The fraction of sp³-hybridized carbons (Fsp3) is 1.00. The first kappa shape index (κ1) is 22.9. The van der Waals surface area contributed by atoms with Crippen molar-refractivity contribution in [1.82, 2.24) is 0 Å². The van der Waals surface area contributed by atoms with Gasteiger partial charge in [-0.2, -0.15) is 0 Å². The zero-order valence-corrected chi connectivity index (χ0v) is 20.0. The molecule has 0 saturated heterocycles. The van der Waals surface area contributed by atoms with Crippen LogP contribution in [0, 0.1) is 0 Å². The second-order valence-corrected chi connectivity index (χ2v) is 20.9. The van der Waals surface area contributed by atoms with Crippen molar-refractivity contribution < 1.29 is 8.85 Å². The van der Waals surface area contributed by atoms with Crippen LogP contribution in [0.4, 0.5) is 0 Å². The van der Waals surface area contributed by atoms with E-state index >= 15 is 0 Å². The minimum atomic E-state index is -1.86. The maximum Gasteiger partial charge on any atom is 0.204 e. The lowest BCUT2D eigenvalue weighted by molar-refractivity contribution is 0.0875. The molecule has 1 unspecified atom stereocenters. The van der Waals surface area contributed by atoms with E-state index < -0.39 is 25.4 Å². The fourth-order valence-corrected chi connectivity index (χ4v) is 12.3. The van der Waals surface area contributed by atoms with Crippen molar-refractivity contribution in [3.63, 3.8) is 0 Å². The monoisotopic (exact) mass is 375 g/mol. The fourth-order valence-electron chi connectivity index (χ4n) is 3.24. The predicted octanol–water partition coefficient (Wildman–Crippen LogP) is 5.18. The standard InChI is InChI=1S/C15H37N3O2Si3/c1-11-15(12-2,23(9,10)13-17-18-16)19-21(5)14(3,4)20-22(6,7)8/h21H,11-13H2,1-10H3. The molecule has 0 fully saturated rings. The Morgan fingerprint density at radius 3 is 1.91 bits per heavy atom. The van der Waals surface area contributed by atoms with Crippen molar-refractivity contribution >= 4 is 25.4 Å². The molecular formula is C15H37N3O2Si3. The molecule has 0 aliphatic rings. The zero-order chi connectivity index (χ0) is 18.5. The highest BCUT2D eigenvalue weighted by Gasteiger charge is 2.48. The molecule has 23 heavy (non-hydrogen) atoms. The van der Waals surface area contributed by atoms with Gasteiger partial charge in [0, 0.05) is 16.3 Å². The van der Waals surface area contributed by atoms with Crippen LogP contribution in [-0.2, 0) is 8.85 Å². The number of hydrogen-bond donors (Lipinski definition) is 0. The molecule has 0 rings (SSSR count). The smallest absolute Gasteiger partial charge is 0.204 e. The molecule has 0 amide bonds. The maximum atomic E-state index is 8.71. The molecule has 0 bridgehead atoms.